The molecule has 0 radical (unpaired) electrons. The number of hydrogen-bond donors (Lipinski definition) is 3. The first-order valence-electron chi connectivity index (χ1n) is 9.10. The second-order valence-electron chi connectivity index (χ2n) is 6.83. The number of amides is 2. The monoisotopic (exact) mass is 381 g/mol. The SMILES string of the molecule is NCc1ccc(C(=O)NCc2ccc(CC(=O)N3CC(=O)[C@@H](O)C3)cc2)cc1. The highest BCUT2D eigenvalue weighted by molar-refractivity contribution is 5.94. The molecule has 2 aromatic rings. The molecule has 4 N–H and O–H groups in total. The average molecular weight is 381 g/mol. The summed E-state index contributed by atoms with van der Waals surface area (Å²) < 4.78 is 0. The normalized spacial score (nSPS) is 16.3. The van der Waals surface area contributed by atoms with Gasteiger partial charge in [0.2, 0.25) is 5.91 Å². The largest absolute Gasteiger partial charge is 0.383 e. The van der Waals surface area contributed by atoms with Crippen molar-refractivity contribution in [1.82, 2.24) is 10.2 Å². The van der Waals surface area contributed by atoms with E-state index in [1.165, 1.54) is 4.90 Å². The van der Waals surface area contributed by atoms with E-state index in [2.05, 4.69) is 5.32 Å². The molecule has 0 spiro atoms. The summed E-state index contributed by atoms with van der Waals surface area (Å²) in [6.45, 7) is 0.842. The highest BCUT2D eigenvalue weighted by atomic mass is 16.3. The van der Waals surface area contributed by atoms with Gasteiger partial charge in [-0.05, 0) is 28.8 Å². The topological polar surface area (TPSA) is 113 Å². The molecule has 2 amide bonds. The molecule has 146 valence electrons. The zero-order valence-corrected chi connectivity index (χ0v) is 15.4. The lowest BCUT2D eigenvalue weighted by Gasteiger charge is -2.14. The van der Waals surface area contributed by atoms with Crippen LogP contribution in [0.3, 0.4) is 0 Å². The molecule has 7 nitrogen and oxygen atoms in total. The predicted octanol–water partition coefficient (Wildman–Crippen LogP) is 0.390. The van der Waals surface area contributed by atoms with E-state index in [9.17, 15) is 19.5 Å². The summed E-state index contributed by atoms with van der Waals surface area (Å²) in [6.07, 6.45) is -0.901. The van der Waals surface area contributed by atoms with Gasteiger partial charge < -0.3 is 21.1 Å². The van der Waals surface area contributed by atoms with E-state index in [0.29, 0.717) is 18.7 Å². The van der Waals surface area contributed by atoms with Crippen molar-refractivity contribution >= 4 is 17.6 Å². The number of carbonyl (C=O) groups is 3. The molecule has 0 aliphatic carbocycles. The van der Waals surface area contributed by atoms with Gasteiger partial charge in [-0.25, -0.2) is 0 Å². The summed E-state index contributed by atoms with van der Waals surface area (Å²) in [7, 11) is 0. The Hall–Kier alpha value is -3.03. The highest BCUT2D eigenvalue weighted by Crippen LogP contribution is 2.11. The molecule has 1 heterocycles. The highest BCUT2D eigenvalue weighted by Gasteiger charge is 2.31. The summed E-state index contributed by atoms with van der Waals surface area (Å²) in [6, 6.07) is 14.5. The molecule has 3 rings (SSSR count). The number of nitrogens with two attached hydrogens (primary N) is 1. The molecule has 1 aliphatic rings. The smallest absolute Gasteiger partial charge is 0.251 e. The zero-order chi connectivity index (χ0) is 20.1. The molecule has 1 atom stereocenters. The molecule has 0 aromatic heterocycles. The molecule has 2 aromatic carbocycles. The van der Waals surface area contributed by atoms with Gasteiger partial charge in [-0.2, -0.15) is 0 Å². The molecule has 1 aliphatic heterocycles. The van der Waals surface area contributed by atoms with Gasteiger partial charge >= 0.3 is 0 Å². The third kappa shape index (κ3) is 4.82. The molecule has 1 saturated heterocycles. The number of aliphatic hydroxyl groups excluding tert-OH is 1. The first kappa shape index (κ1) is 19.7. The summed E-state index contributed by atoms with van der Waals surface area (Å²) in [5, 5.41) is 12.3. The predicted molar refractivity (Wildman–Crippen MR) is 103 cm³/mol. The summed E-state index contributed by atoms with van der Waals surface area (Å²) in [5.41, 5.74) is 8.81. The van der Waals surface area contributed by atoms with Crippen molar-refractivity contribution < 1.29 is 19.5 Å². The van der Waals surface area contributed by atoms with Gasteiger partial charge in [0.25, 0.3) is 5.91 Å². The van der Waals surface area contributed by atoms with E-state index < -0.39 is 6.10 Å². The number of rotatable bonds is 6. The first-order chi connectivity index (χ1) is 13.5. The van der Waals surface area contributed by atoms with Crippen LogP contribution in [0.2, 0.25) is 0 Å². The number of carbonyl (C=O) groups excluding carboxylic acids is 3. The summed E-state index contributed by atoms with van der Waals surface area (Å²) in [5.74, 6) is -0.677. The lowest BCUT2D eigenvalue weighted by molar-refractivity contribution is -0.131. The van der Waals surface area contributed by atoms with Crippen LogP contribution in [0.1, 0.15) is 27.0 Å². The second kappa shape index (κ2) is 8.77. The van der Waals surface area contributed by atoms with Crippen molar-refractivity contribution in [3.8, 4) is 0 Å². The fourth-order valence-electron chi connectivity index (χ4n) is 3.00. The van der Waals surface area contributed by atoms with Gasteiger partial charge in [0.15, 0.2) is 5.78 Å². The molecule has 0 saturated carbocycles. The van der Waals surface area contributed by atoms with Crippen molar-refractivity contribution in [3.63, 3.8) is 0 Å². The van der Waals surface area contributed by atoms with Crippen LogP contribution >= 0.6 is 0 Å². The number of nitrogens with one attached hydrogen (secondary N) is 1. The fraction of sp³-hybridized carbons (Fsp3) is 0.286. The van der Waals surface area contributed by atoms with Gasteiger partial charge in [-0.3, -0.25) is 14.4 Å². The number of Topliss-reactive ketones (excluding diaryl/α,β-unsaturated/α-hetero) is 1. The van der Waals surface area contributed by atoms with Crippen molar-refractivity contribution in [2.75, 3.05) is 13.1 Å². The van der Waals surface area contributed by atoms with Gasteiger partial charge in [-0.1, -0.05) is 36.4 Å². The van der Waals surface area contributed by atoms with Crippen molar-refractivity contribution in [2.24, 2.45) is 5.73 Å². The number of benzene rings is 2. The maximum atomic E-state index is 12.2. The molecule has 1 fully saturated rings. The maximum absolute atomic E-state index is 12.2. The van der Waals surface area contributed by atoms with E-state index in [0.717, 1.165) is 16.7 Å². The van der Waals surface area contributed by atoms with Crippen LogP contribution in [-0.4, -0.2) is 46.8 Å². The van der Waals surface area contributed by atoms with E-state index in [1.807, 2.05) is 36.4 Å². The first-order valence-corrected chi connectivity index (χ1v) is 9.10. The van der Waals surface area contributed by atoms with Crippen molar-refractivity contribution in [3.05, 3.63) is 70.8 Å². The van der Waals surface area contributed by atoms with Gasteiger partial charge in [0.05, 0.1) is 19.5 Å². The number of ketones is 1. The quantitative estimate of drug-likeness (QED) is 0.670. The maximum Gasteiger partial charge on any atom is 0.251 e. The summed E-state index contributed by atoms with van der Waals surface area (Å²) >= 11 is 0. The Bertz CT molecular complexity index is 862. The molecule has 0 unspecified atom stereocenters. The van der Waals surface area contributed by atoms with E-state index >= 15 is 0 Å². The molecule has 0 bridgehead atoms. The van der Waals surface area contributed by atoms with Crippen LogP contribution < -0.4 is 11.1 Å². The zero-order valence-electron chi connectivity index (χ0n) is 15.4. The number of nitrogens with zero attached hydrogens (tertiary/aromatic N) is 1. The molecule has 28 heavy (non-hydrogen) atoms. The Labute approximate surface area is 163 Å². The van der Waals surface area contributed by atoms with Crippen LogP contribution in [0, 0.1) is 0 Å². The van der Waals surface area contributed by atoms with E-state index in [-0.39, 0.29) is 37.1 Å². The number of β-amino-alcohol motifs (C(OH)–C–C–N with tert-alkyl or cyclic N) is 1. The van der Waals surface area contributed by atoms with Crippen molar-refractivity contribution in [2.45, 2.75) is 25.6 Å². The fourth-order valence-corrected chi connectivity index (χ4v) is 3.00. The van der Waals surface area contributed by atoms with Gasteiger partial charge in [0.1, 0.15) is 6.10 Å². The Morgan fingerprint density at radius 1 is 1.04 bits per heavy atom. The van der Waals surface area contributed by atoms with Gasteiger partial charge in [-0.15, -0.1) is 0 Å². The lowest BCUT2D eigenvalue weighted by atomic mass is 10.1. The third-order valence-corrected chi connectivity index (χ3v) is 4.75. The van der Waals surface area contributed by atoms with Crippen LogP contribution in [0.5, 0.6) is 0 Å². The minimum atomic E-state index is -1.07. The van der Waals surface area contributed by atoms with E-state index in [1.54, 1.807) is 12.1 Å². The second-order valence-corrected chi connectivity index (χ2v) is 6.83. The lowest BCUT2D eigenvalue weighted by Crippen LogP contribution is -2.31. The van der Waals surface area contributed by atoms with Crippen molar-refractivity contribution in [1.29, 1.82) is 0 Å². The standard InChI is InChI=1S/C21H23N3O4/c22-10-15-5-7-17(8-6-15)21(28)23-11-16-3-1-14(2-4-16)9-20(27)24-12-18(25)19(26)13-24/h1-8,18,25H,9-13,22H2,(H,23,28)/t18-/m0/s1. The average Bonchev–Trinajstić information content (AvgIpc) is 3.06. The number of likely N-dealkylation sites (tertiary alicyclic amines) is 1. The molecular formula is C21H23N3O4. The Morgan fingerprint density at radius 2 is 1.64 bits per heavy atom. The van der Waals surface area contributed by atoms with Crippen LogP contribution in [0.15, 0.2) is 48.5 Å². The van der Waals surface area contributed by atoms with Gasteiger partial charge in [0, 0.05) is 18.7 Å². The third-order valence-electron chi connectivity index (χ3n) is 4.75. The Morgan fingerprint density at radius 3 is 2.21 bits per heavy atom. The van der Waals surface area contributed by atoms with Crippen LogP contribution in [0.4, 0.5) is 0 Å². The van der Waals surface area contributed by atoms with E-state index in [4.69, 9.17) is 5.73 Å². The molecular weight excluding hydrogens is 358 g/mol. The van der Waals surface area contributed by atoms with Crippen LogP contribution in [0.25, 0.3) is 0 Å². The minimum Gasteiger partial charge on any atom is -0.383 e. The van der Waals surface area contributed by atoms with Crippen LogP contribution in [-0.2, 0) is 29.1 Å². The number of hydrogen-bond acceptors (Lipinski definition) is 5. The Kier molecular flexibility index (Phi) is 6.18. The minimum absolute atomic E-state index is 0.0314. The Balaban J connectivity index is 1.50. The number of aliphatic hydroxyl groups is 1. The summed E-state index contributed by atoms with van der Waals surface area (Å²) in [4.78, 5) is 37.1. The molecule has 7 heteroatoms.